The molecule has 5 unspecified atom stereocenters. The van der Waals surface area contributed by atoms with Crippen molar-refractivity contribution in [3.05, 3.63) is 54.2 Å². The zero-order valence-electron chi connectivity index (χ0n) is 24.9. The molecular formula is C29H42N10O5. The normalized spacial score (nSPS) is 14.5. The first-order valence-electron chi connectivity index (χ1n) is 14.5. The van der Waals surface area contributed by atoms with Gasteiger partial charge in [-0.25, -0.2) is 9.78 Å². The van der Waals surface area contributed by atoms with E-state index in [1.807, 2.05) is 31.2 Å². The minimum absolute atomic E-state index is 0.000831. The van der Waals surface area contributed by atoms with E-state index < -0.39 is 47.9 Å². The van der Waals surface area contributed by atoms with Crippen molar-refractivity contribution < 1.29 is 24.3 Å². The molecule has 0 spiro atoms. The number of hydrogen-bond acceptors (Lipinski definition) is 7. The number of nitrogens with one attached hydrogen (secondary N) is 5. The molecule has 2 aromatic heterocycles. The number of benzene rings is 1. The largest absolute Gasteiger partial charge is 0.480 e. The van der Waals surface area contributed by atoms with Gasteiger partial charge in [-0.05, 0) is 36.8 Å². The number of imidazole rings is 1. The standard InChI is InChI=1S/C29H42N10O5/c1-3-16(2)24(39-25(40)20(30)11-17-13-35-21-8-5-4-7-19(17)21)27(42)38-23(12-18-14-33-15-36-18)26(41)37-22(28(43)44)9-6-10-34-29(31)32/h4-5,7-8,13-16,20,22-24,35H,3,6,9-12,30H2,1-2H3,(H,33,36)(H,37,41)(H,38,42)(H,39,40)(H,43,44)(H4,31,32,34). The maximum absolute atomic E-state index is 13.6. The van der Waals surface area contributed by atoms with Crippen molar-refractivity contribution >= 4 is 40.6 Å². The molecule has 5 atom stereocenters. The maximum atomic E-state index is 13.6. The summed E-state index contributed by atoms with van der Waals surface area (Å²) in [4.78, 5) is 65.8. The summed E-state index contributed by atoms with van der Waals surface area (Å²) in [7, 11) is 0. The molecule has 0 saturated carbocycles. The lowest BCUT2D eigenvalue weighted by Gasteiger charge is -2.28. The Morgan fingerprint density at radius 3 is 2.39 bits per heavy atom. The molecule has 3 amide bonds. The Morgan fingerprint density at radius 1 is 1.00 bits per heavy atom. The molecule has 44 heavy (non-hydrogen) atoms. The van der Waals surface area contributed by atoms with Crippen LogP contribution in [0, 0.1) is 5.92 Å². The molecule has 3 rings (SSSR count). The van der Waals surface area contributed by atoms with Crippen molar-refractivity contribution in [1.29, 1.82) is 0 Å². The number of H-pyrrole nitrogens is 2. The van der Waals surface area contributed by atoms with Crippen molar-refractivity contribution in [3.8, 4) is 0 Å². The highest BCUT2D eigenvalue weighted by atomic mass is 16.4. The van der Waals surface area contributed by atoms with E-state index in [1.165, 1.54) is 12.5 Å². The average Bonchev–Trinajstić information content (AvgIpc) is 3.66. The van der Waals surface area contributed by atoms with E-state index in [2.05, 4.69) is 35.9 Å². The van der Waals surface area contributed by atoms with Gasteiger partial charge in [-0.3, -0.25) is 19.4 Å². The quantitative estimate of drug-likeness (QED) is 0.0548. The smallest absolute Gasteiger partial charge is 0.326 e. The van der Waals surface area contributed by atoms with E-state index >= 15 is 0 Å². The first kappa shape index (κ1) is 33.6. The number of fused-ring (bicyclic) bond motifs is 1. The van der Waals surface area contributed by atoms with Crippen LogP contribution in [0.15, 0.2) is 48.0 Å². The molecule has 12 N–H and O–H groups in total. The van der Waals surface area contributed by atoms with E-state index in [0.29, 0.717) is 18.5 Å². The number of amides is 3. The van der Waals surface area contributed by atoms with Crippen LogP contribution < -0.4 is 33.2 Å². The van der Waals surface area contributed by atoms with Gasteiger partial charge in [0.1, 0.15) is 18.1 Å². The van der Waals surface area contributed by atoms with Crippen LogP contribution in [0.25, 0.3) is 10.9 Å². The third-order valence-corrected chi connectivity index (χ3v) is 7.42. The van der Waals surface area contributed by atoms with Gasteiger partial charge in [0.05, 0.1) is 12.4 Å². The number of para-hydroxylation sites is 1. The van der Waals surface area contributed by atoms with Gasteiger partial charge in [-0.2, -0.15) is 0 Å². The lowest BCUT2D eigenvalue weighted by Crippen LogP contribution is -2.59. The first-order valence-corrected chi connectivity index (χ1v) is 14.5. The topological polar surface area (TPSA) is 259 Å². The summed E-state index contributed by atoms with van der Waals surface area (Å²) in [5.74, 6) is -3.51. The van der Waals surface area contributed by atoms with Crippen molar-refractivity contribution in [3.63, 3.8) is 0 Å². The highest BCUT2D eigenvalue weighted by Gasteiger charge is 2.33. The number of carboxylic acids is 1. The summed E-state index contributed by atoms with van der Waals surface area (Å²) in [6.45, 7) is 3.86. The van der Waals surface area contributed by atoms with Gasteiger partial charge >= 0.3 is 5.97 Å². The second kappa shape index (κ2) is 16.1. The molecule has 0 aliphatic heterocycles. The van der Waals surface area contributed by atoms with Gasteiger partial charge in [0.2, 0.25) is 17.7 Å². The molecule has 0 bridgehead atoms. The molecule has 0 fully saturated rings. The Labute approximate surface area is 254 Å². The number of nitrogens with two attached hydrogens (primary N) is 3. The summed E-state index contributed by atoms with van der Waals surface area (Å²) in [6, 6.07) is 3.30. The molecule has 0 aliphatic rings. The lowest BCUT2D eigenvalue weighted by atomic mass is 9.96. The Kier molecular flexibility index (Phi) is 12.3. The van der Waals surface area contributed by atoms with Gasteiger partial charge in [0.25, 0.3) is 0 Å². The van der Waals surface area contributed by atoms with E-state index in [1.54, 1.807) is 13.1 Å². The second-order valence-corrected chi connectivity index (χ2v) is 10.7. The number of nitrogens with zero attached hydrogens (tertiary/aromatic N) is 2. The summed E-state index contributed by atoms with van der Waals surface area (Å²) >= 11 is 0. The molecule has 0 aliphatic carbocycles. The molecule has 1 aromatic carbocycles. The Morgan fingerprint density at radius 2 is 1.73 bits per heavy atom. The number of rotatable bonds is 17. The predicted molar refractivity (Wildman–Crippen MR) is 165 cm³/mol. The predicted octanol–water partition coefficient (Wildman–Crippen LogP) is -0.358. The fourth-order valence-corrected chi connectivity index (χ4v) is 4.71. The van der Waals surface area contributed by atoms with Gasteiger partial charge < -0.3 is 48.2 Å². The molecular weight excluding hydrogens is 568 g/mol. The zero-order chi connectivity index (χ0) is 32.2. The van der Waals surface area contributed by atoms with Crippen molar-refractivity contribution in [2.75, 3.05) is 6.54 Å². The van der Waals surface area contributed by atoms with Crippen LogP contribution in [-0.2, 0) is 32.0 Å². The lowest BCUT2D eigenvalue weighted by molar-refractivity contribution is -0.142. The number of aliphatic imine (C=N–C) groups is 1. The zero-order valence-corrected chi connectivity index (χ0v) is 24.9. The minimum atomic E-state index is -1.25. The van der Waals surface area contributed by atoms with Crippen molar-refractivity contribution in [1.82, 2.24) is 30.9 Å². The number of hydrogen-bond donors (Lipinski definition) is 9. The van der Waals surface area contributed by atoms with E-state index in [4.69, 9.17) is 17.2 Å². The van der Waals surface area contributed by atoms with E-state index in [-0.39, 0.29) is 37.7 Å². The fraction of sp³-hybridized carbons (Fsp3) is 0.448. The number of aromatic nitrogens is 3. The molecule has 2 heterocycles. The third-order valence-electron chi connectivity index (χ3n) is 7.42. The highest BCUT2D eigenvalue weighted by Crippen LogP contribution is 2.19. The summed E-state index contributed by atoms with van der Waals surface area (Å²) < 4.78 is 0. The van der Waals surface area contributed by atoms with Crippen LogP contribution >= 0.6 is 0 Å². The molecule has 15 nitrogen and oxygen atoms in total. The SMILES string of the molecule is CCC(C)C(NC(=O)C(N)Cc1c[nH]c2ccccc12)C(=O)NC(Cc1cnc[nH]1)C(=O)NC(CCCN=C(N)N)C(=O)O. The van der Waals surface area contributed by atoms with Crippen LogP contribution in [0.4, 0.5) is 0 Å². The monoisotopic (exact) mass is 610 g/mol. The fourth-order valence-electron chi connectivity index (χ4n) is 4.71. The molecule has 0 radical (unpaired) electrons. The van der Waals surface area contributed by atoms with E-state index in [9.17, 15) is 24.3 Å². The average molecular weight is 611 g/mol. The third kappa shape index (κ3) is 9.55. The van der Waals surface area contributed by atoms with Crippen LogP contribution in [0.3, 0.4) is 0 Å². The Balaban J connectivity index is 1.72. The van der Waals surface area contributed by atoms with Crippen molar-refractivity contribution in [2.45, 2.75) is 70.1 Å². The number of guanidine groups is 1. The summed E-state index contributed by atoms with van der Waals surface area (Å²) in [6.07, 6.45) is 5.87. The van der Waals surface area contributed by atoms with Crippen LogP contribution in [-0.4, -0.2) is 80.4 Å². The molecule has 0 saturated heterocycles. The second-order valence-electron chi connectivity index (χ2n) is 10.7. The van der Waals surface area contributed by atoms with Crippen LogP contribution in [0.5, 0.6) is 0 Å². The van der Waals surface area contributed by atoms with Gasteiger partial charge in [0, 0.05) is 42.0 Å². The Bertz CT molecular complexity index is 1430. The number of carboxylic acid groups (broad SMARTS) is 1. The van der Waals surface area contributed by atoms with Gasteiger partial charge in [-0.1, -0.05) is 38.5 Å². The highest BCUT2D eigenvalue weighted by molar-refractivity contribution is 5.94. The maximum Gasteiger partial charge on any atom is 0.326 e. The van der Waals surface area contributed by atoms with E-state index in [0.717, 1.165) is 16.5 Å². The number of aliphatic carboxylic acids is 1. The summed E-state index contributed by atoms with van der Waals surface area (Å²) in [5, 5.41) is 18.6. The van der Waals surface area contributed by atoms with Crippen LogP contribution in [0.2, 0.25) is 0 Å². The summed E-state index contributed by atoms with van der Waals surface area (Å²) in [5.41, 5.74) is 19.2. The van der Waals surface area contributed by atoms with Gasteiger partial charge in [0.15, 0.2) is 5.96 Å². The molecule has 15 heteroatoms. The van der Waals surface area contributed by atoms with Crippen LogP contribution in [0.1, 0.15) is 44.4 Å². The first-order chi connectivity index (χ1) is 21.0. The number of aromatic amines is 2. The van der Waals surface area contributed by atoms with Gasteiger partial charge in [-0.15, -0.1) is 0 Å². The number of carbonyl (C=O) groups is 4. The molecule has 238 valence electrons. The molecule has 3 aromatic rings. The number of carbonyl (C=O) groups excluding carboxylic acids is 3. The minimum Gasteiger partial charge on any atom is -0.480 e. The van der Waals surface area contributed by atoms with Crippen molar-refractivity contribution in [2.24, 2.45) is 28.1 Å². The Hall–Kier alpha value is -4.92.